The Morgan fingerprint density at radius 2 is 1.92 bits per heavy atom. The molecule has 0 atom stereocenters. The molecule has 0 saturated carbocycles. The lowest BCUT2D eigenvalue weighted by atomic mass is 10.2. The SMILES string of the molecule is Cc1cc([N+](=O)[O-])n(CC(=O)N2CCN(Cc3cn(C)nc3C)CC2)n1. The molecule has 140 valence electrons. The Morgan fingerprint density at radius 3 is 2.50 bits per heavy atom. The van der Waals surface area contributed by atoms with E-state index in [0.717, 1.165) is 25.3 Å². The van der Waals surface area contributed by atoms with Gasteiger partial charge in [-0.3, -0.25) is 14.4 Å². The second kappa shape index (κ2) is 7.24. The van der Waals surface area contributed by atoms with Crippen molar-refractivity contribution in [3.8, 4) is 0 Å². The van der Waals surface area contributed by atoms with Gasteiger partial charge in [-0.1, -0.05) is 5.10 Å². The molecule has 1 aliphatic rings. The van der Waals surface area contributed by atoms with Crippen LogP contribution < -0.4 is 0 Å². The first kappa shape index (κ1) is 18.1. The van der Waals surface area contributed by atoms with E-state index in [-0.39, 0.29) is 18.3 Å². The zero-order chi connectivity index (χ0) is 18.8. The first-order valence-corrected chi connectivity index (χ1v) is 8.51. The fraction of sp³-hybridized carbons (Fsp3) is 0.562. The minimum Gasteiger partial charge on any atom is -0.358 e. The van der Waals surface area contributed by atoms with Crippen LogP contribution in [0.25, 0.3) is 0 Å². The fourth-order valence-corrected chi connectivity index (χ4v) is 3.22. The van der Waals surface area contributed by atoms with Crippen LogP contribution in [0.5, 0.6) is 0 Å². The highest BCUT2D eigenvalue weighted by molar-refractivity contribution is 5.76. The second-order valence-corrected chi connectivity index (χ2v) is 6.63. The van der Waals surface area contributed by atoms with E-state index in [1.807, 2.05) is 24.9 Å². The molecule has 3 heterocycles. The van der Waals surface area contributed by atoms with Gasteiger partial charge in [0, 0.05) is 51.5 Å². The number of aryl methyl sites for hydroxylation is 3. The van der Waals surface area contributed by atoms with Gasteiger partial charge in [-0.15, -0.1) is 4.68 Å². The highest BCUT2D eigenvalue weighted by Crippen LogP contribution is 2.15. The van der Waals surface area contributed by atoms with Crippen LogP contribution in [-0.2, 0) is 24.9 Å². The lowest BCUT2D eigenvalue weighted by molar-refractivity contribution is -0.392. The topological polar surface area (TPSA) is 102 Å². The molecule has 1 fully saturated rings. The van der Waals surface area contributed by atoms with E-state index < -0.39 is 4.92 Å². The van der Waals surface area contributed by atoms with Crippen LogP contribution in [-0.4, -0.2) is 66.4 Å². The summed E-state index contributed by atoms with van der Waals surface area (Å²) in [4.78, 5) is 27.0. The van der Waals surface area contributed by atoms with E-state index in [2.05, 4.69) is 15.1 Å². The second-order valence-electron chi connectivity index (χ2n) is 6.63. The summed E-state index contributed by atoms with van der Waals surface area (Å²) in [5.74, 6) is -0.296. The van der Waals surface area contributed by atoms with Crippen molar-refractivity contribution in [2.24, 2.45) is 7.05 Å². The molecule has 0 radical (unpaired) electrons. The predicted molar refractivity (Wildman–Crippen MR) is 93.4 cm³/mol. The molecule has 1 amide bonds. The lowest BCUT2D eigenvalue weighted by Gasteiger charge is -2.34. The Bertz CT molecular complexity index is 818. The van der Waals surface area contributed by atoms with Gasteiger partial charge in [0.15, 0.2) is 6.54 Å². The average molecular weight is 361 g/mol. The van der Waals surface area contributed by atoms with Gasteiger partial charge in [-0.05, 0) is 18.8 Å². The molecule has 26 heavy (non-hydrogen) atoms. The highest BCUT2D eigenvalue weighted by atomic mass is 16.6. The molecular weight excluding hydrogens is 338 g/mol. The number of nitrogens with zero attached hydrogens (tertiary/aromatic N) is 7. The van der Waals surface area contributed by atoms with Crippen LogP contribution in [0.15, 0.2) is 12.3 Å². The lowest BCUT2D eigenvalue weighted by Crippen LogP contribution is -2.49. The summed E-state index contributed by atoms with van der Waals surface area (Å²) >= 11 is 0. The number of amides is 1. The molecule has 0 spiro atoms. The van der Waals surface area contributed by atoms with E-state index in [1.165, 1.54) is 16.3 Å². The van der Waals surface area contributed by atoms with Crippen molar-refractivity contribution in [2.75, 3.05) is 26.2 Å². The Balaban J connectivity index is 1.55. The predicted octanol–water partition coefficient (Wildman–Crippen LogP) is 0.486. The van der Waals surface area contributed by atoms with Gasteiger partial charge in [0.2, 0.25) is 0 Å². The third-order valence-electron chi connectivity index (χ3n) is 4.59. The molecule has 2 aromatic rings. The fourth-order valence-electron chi connectivity index (χ4n) is 3.22. The number of rotatable bonds is 5. The molecular formula is C16H23N7O3. The van der Waals surface area contributed by atoms with Crippen LogP contribution in [0.4, 0.5) is 5.82 Å². The Labute approximate surface area is 151 Å². The number of nitro groups is 1. The summed E-state index contributed by atoms with van der Waals surface area (Å²) in [7, 11) is 1.91. The van der Waals surface area contributed by atoms with Crippen molar-refractivity contribution in [1.82, 2.24) is 29.4 Å². The van der Waals surface area contributed by atoms with Gasteiger partial charge in [-0.25, -0.2) is 0 Å². The summed E-state index contributed by atoms with van der Waals surface area (Å²) in [5, 5.41) is 19.5. The Kier molecular flexibility index (Phi) is 5.03. The van der Waals surface area contributed by atoms with Gasteiger partial charge >= 0.3 is 5.82 Å². The van der Waals surface area contributed by atoms with E-state index >= 15 is 0 Å². The normalized spacial score (nSPS) is 15.4. The number of piperazine rings is 1. The van der Waals surface area contributed by atoms with Crippen molar-refractivity contribution >= 4 is 11.7 Å². The van der Waals surface area contributed by atoms with Crippen LogP contribution in [0, 0.1) is 24.0 Å². The van der Waals surface area contributed by atoms with Gasteiger partial charge in [0.25, 0.3) is 5.91 Å². The third-order valence-corrected chi connectivity index (χ3v) is 4.59. The average Bonchev–Trinajstić information content (AvgIpc) is 3.10. The maximum absolute atomic E-state index is 12.5. The van der Waals surface area contributed by atoms with E-state index in [9.17, 15) is 14.9 Å². The van der Waals surface area contributed by atoms with Gasteiger partial charge in [0.1, 0.15) is 0 Å². The molecule has 0 aliphatic carbocycles. The summed E-state index contributed by atoms with van der Waals surface area (Å²) in [6.45, 7) is 7.11. The largest absolute Gasteiger partial charge is 0.358 e. The number of hydrogen-bond donors (Lipinski definition) is 0. The minimum atomic E-state index is -0.512. The van der Waals surface area contributed by atoms with Gasteiger partial charge in [-0.2, -0.15) is 5.10 Å². The smallest absolute Gasteiger partial charge is 0.345 e. The molecule has 2 aromatic heterocycles. The summed E-state index contributed by atoms with van der Waals surface area (Å²) in [5.41, 5.74) is 2.74. The molecule has 0 aromatic carbocycles. The van der Waals surface area contributed by atoms with Crippen LogP contribution in [0.2, 0.25) is 0 Å². The molecule has 0 bridgehead atoms. The van der Waals surface area contributed by atoms with Gasteiger partial charge < -0.3 is 15.0 Å². The zero-order valence-electron chi connectivity index (χ0n) is 15.3. The van der Waals surface area contributed by atoms with Crippen LogP contribution in [0.3, 0.4) is 0 Å². The highest BCUT2D eigenvalue weighted by Gasteiger charge is 2.26. The van der Waals surface area contributed by atoms with Crippen molar-refractivity contribution in [3.63, 3.8) is 0 Å². The number of hydrogen-bond acceptors (Lipinski definition) is 6. The monoisotopic (exact) mass is 361 g/mol. The number of carbonyl (C=O) groups excluding carboxylic acids is 1. The summed E-state index contributed by atoms with van der Waals surface area (Å²) in [6, 6.07) is 1.38. The zero-order valence-corrected chi connectivity index (χ0v) is 15.3. The van der Waals surface area contributed by atoms with E-state index in [1.54, 1.807) is 11.8 Å². The minimum absolute atomic E-state index is 0.105. The molecule has 3 rings (SSSR count). The molecule has 1 aliphatic heterocycles. The first-order chi connectivity index (χ1) is 12.3. The van der Waals surface area contributed by atoms with Crippen LogP contribution >= 0.6 is 0 Å². The molecule has 0 N–H and O–H groups in total. The van der Waals surface area contributed by atoms with Crippen molar-refractivity contribution < 1.29 is 9.72 Å². The first-order valence-electron chi connectivity index (χ1n) is 8.51. The van der Waals surface area contributed by atoms with Crippen molar-refractivity contribution in [3.05, 3.63) is 39.3 Å². The molecule has 10 heteroatoms. The maximum atomic E-state index is 12.5. The molecule has 10 nitrogen and oxygen atoms in total. The standard InChI is InChI=1S/C16H23N7O3/c1-12-8-15(23(25)26)22(17-12)11-16(24)21-6-4-20(5-7-21)10-14-9-19(3)18-13(14)2/h8-9H,4-7,10-11H2,1-3H3. The Morgan fingerprint density at radius 1 is 1.23 bits per heavy atom. The van der Waals surface area contributed by atoms with E-state index in [4.69, 9.17) is 0 Å². The number of carbonyl (C=O) groups is 1. The number of aromatic nitrogens is 4. The summed E-state index contributed by atoms with van der Waals surface area (Å²) in [6.07, 6.45) is 2.02. The third kappa shape index (κ3) is 3.90. The van der Waals surface area contributed by atoms with Crippen LogP contribution in [0.1, 0.15) is 17.0 Å². The summed E-state index contributed by atoms with van der Waals surface area (Å²) < 4.78 is 2.98. The quantitative estimate of drug-likeness (QED) is 0.567. The van der Waals surface area contributed by atoms with E-state index in [0.29, 0.717) is 18.8 Å². The van der Waals surface area contributed by atoms with Crippen molar-refractivity contribution in [1.29, 1.82) is 0 Å². The van der Waals surface area contributed by atoms with Crippen molar-refractivity contribution in [2.45, 2.75) is 26.9 Å². The molecule has 1 saturated heterocycles. The maximum Gasteiger partial charge on any atom is 0.345 e. The van der Waals surface area contributed by atoms with Gasteiger partial charge in [0.05, 0.1) is 17.5 Å². The Hall–Kier alpha value is -2.75. The molecule has 0 unspecified atom stereocenters.